The molecule has 0 aliphatic carbocycles. The van der Waals surface area contributed by atoms with Crippen molar-refractivity contribution >= 4 is 0 Å². The SMILES string of the molecule is CC(C)(C)c1nccc(C#N)c1F. The molecule has 0 saturated heterocycles. The molecule has 1 rings (SSSR count). The molecule has 0 N–H and O–H groups in total. The summed E-state index contributed by atoms with van der Waals surface area (Å²) in [6.45, 7) is 5.58. The normalized spacial score (nSPS) is 11.0. The van der Waals surface area contributed by atoms with Gasteiger partial charge >= 0.3 is 0 Å². The van der Waals surface area contributed by atoms with Gasteiger partial charge in [0, 0.05) is 11.6 Å². The summed E-state index contributed by atoms with van der Waals surface area (Å²) in [5.41, 5.74) is 0.0307. The Bertz CT molecular complexity index is 358. The van der Waals surface area contributed by atoms with Gasteiger partial charge in [0.2, 0.25) is 0 Å². The van der Waals surface area contributed by atoms with E-state index in [2.05, 4.69) is 4.98 Å². The molecule has 1 heterocycles. The maximum atomic E-state index is 13.5. The van der Waals surface area contributed by atoms with Crippen molar-refractivity contribution in [2.24, 2.45) is 0 Å². The summed E-state index contributed by atoms with van der Waals surface area (Å²) in [4.78, 5) is 3.93. The van der Waals surface area contributed by atoms with Gasteiger partial charge in [-0.3, -0.25) is 4.98 Å². The van der Waals surface area contributed by atoms with Gasteiger partial charge in [-0.25, -0.2) is 4.39 Å². The van der Waals surface area contributed by atoms with Crippen molar-refractivity contribution in [2.45, 2.75) is 26.2 Å². The summed E-state index contributed by atoms with van der Waals surface area (Å²) < 4.78 is 13.5. The minimum atomic E-state index is -0.502. The summed E-state index contributed by atoms with van der Waals surface area (Å²) >= 11 is 0. The van der Waals surface area contributed by atoms with Gasteiger partial charge in [-0.1, -0.05) is 20.8 Å². The third-order valence-corrected chi connectivity index (χ3v) is 1.72. The molecule has 0 bridgehead atoms. The molecule has 1 aromatic rings. The number of hydrogen-bond acceptors (Lipinski definition) is 2. The minimum Gasteiger partial charge on any atom is -0.258 e. The van der Waals surface area contributed by atoms with E-state index in [1.54, 1.807) is 6.07 Å². The van der Waals surface area contributed by atoms with E-state index in [-0.39, 0.29) is 11.0 Å². The molecule has 0 unspecified atom stereocenters. The van der Waals surface area contributed by atoms with Crippen molar-refractivity contribution < 1.29 is 4.39 Å². The molecular formula is C10H11FN2. The van der Waals surface area contributed by atoms with Gasteiger partial charge < -0.3 is 0 Å². The van der Waals surface area contributed by atoms with Crippen LogP contribution in [0.4, 0.5) is 4.39 Å². The van der Waals surface area contributed by atoms with Crippen LogP contribution in [0.1, 0.15) is 32.0 Å². The highest BCUT2D eigenvalue weighted by Crippen LogP contribution is 2.23. The Morgan fingerprint density at radius 2 is 2.08 bits per heavy atom. The average Bonchev–Trinajstić information content (AvgIpc) is 2.02. The highest BCUT2D eigenvalue weighted by molar-refractivity contribution is 5.33. The molecule has 0 aromatic carbocycles. The van der Waals surface area contributed by atoms with E-state index >= 15 is 0 Å². The van der Waals surface area contributed by atoms with E-state index in [9.17, 15) is 4.39 Å². The van der Waals surface area contributed by atoms with Gasteiger partial charge in [0.15, 0.2) is 5.82 Å². The van der Waals surface area contributed by atoms with E-state index in [1.165, 1.54) is 12.3 Å². The second kappa shape index (κ2) is 3.14. The lowest BCUT2D eigenvalue weighted by atomic mass is 9.90. The summed E-state index contributed by atoms with van der Waals surface area (Å²) in [5.74, 6) is -0.502. The zero-order chi connectivity index (χ0) is 10.1. The van der Waals surface area contributed by atoms with Crippen LogP contribution >= 0.6 is 0 Å². The predicted molar refractivity (Wildman–Crippen MR) is 47.6 cm³/mol. The molecule has 0 fully saturated rings. The fourth-order valence-electron chi connectivity index (χ4n) is 1.05. The number of pyridine rings is 1. The molecule has 2 nitrogen and oxygen atoms in total. The molecule has 13 heavy (non-hydrogen) atoms. The first-order valence-electron chi connectivity index (χ1n) is 4.02. The summed E-state index contributed by atoms with van der Waals surface area (Å²) in [5, 5.41) is 8.59. The molecular weight excluding hydrogens is 167 g/mol. The van der Waals surface area contributed by atoms with Crippen molar-refractivity contribution in [3.05, 3.63) is 29.3 Å². The average molecular weight is 178 g/mol. The van der Waals surface area contributed by atoms with Gasteiger partial charge in [0.05, 0.1) is 11.3 Å². The van der Waals surface area contributed by atoms with Crippen LogP contribution in [0.2, 0.25) is 0 Å². The van der Waals surface area contributed by atoms with Gasteiger partial charge in [-0.05, 0) is 6.07 Å². The van der Waals surface area contributed by atoms with Crippen LogP contribution in [0, 0.1) is 17.1 Å². The largest absolute Gasteiger partial charge is 0.258 e. The number of rotatable bonds is 0. The standard InChI is InChI=1S/C10H11FN2/c1-10(2,3)9-8(11)7(6-12)4-5-13-9/h4-5H,1-3H3. The Kier molecular flexibility index (Phi) is 2.33. The molecule has 3 heteroatoms. The lowest BCUT2D eigenvalue weighted by Crippen LogP contribution is -2.16. The first kappa shape index (κ1) is 9.66. The van der Waals surface area contributed by atoms with Crippen LogP contribution < -0.4 is 0 Å². The topological polar surface area (TPSA) is 36.7 Å². The Labute approximate surface area is 77.0 Å². The van der Waals surface area contributed by atoms with E-state index in [0.717, 1.165) is 0 Å². The molecule has 0 radical (unpaired) electrons. The zero-order valence-corrected chi connectivity index (χ0v) is 7.93. The van der Waals surface area contributed by atoms with Crippen LogP contribution in [0.5, 0.6) is 0 Å². The monoisotopic (exact) mass is 178 g/mol. The minimum absolute atomic E-state index is 0.0555. The van der Waals surface area contributed by atoms with Crippen LogP contribution in [0.15, 0.2) is 12.3 Å². The summed E-state index contributed by atoms with van der Waals surface area (Å²) in [7, 11) is 0. The molecule has 0 spiro atoms. The fourth-order valence-corrected chi connectivity index (χ4v) is 1.05. The maximum Gasteiger partial charge on any atom is 0.162 e. The number of nitrogens with zero attached hydrogens (tertiary/aromatic N) is 2. The van der Waals surface area contributed by atoms with Gasteiger partial charge in [-0.15, -0.1) is 0 Å². The molecule has 0 saturated carbocycles. The Balaban J connectivity index is 3.34. The fraction of sp³-hybridized carbons (Fsp3) is 0.400. The third-order valence-electron chi connectivity index (χ3n) is 1.72. The van der Waals surface area contributed by atoms with E-state index in [0.29, 0.717) is 5.69 Å². The van der Waals surface area contributed by atoms with Crippen molar-refractivity contribution in [3.63, 3.8) is 0 Å². The van der Waals surface area contributed by atoms with E-state index in [1.807, 2.05) is 20.8 Å². The van der Waals surface area contributed by atoms with Crippen LogP contribution in [0.3, 0.4) is 0 Å². The van der Waals surface area contributed by atoms with E-state index < -0.39 is 5.82 Å². The number of halogens is 1. The first-order valence-corrected chi connectivity index (χ1v) is 4.02. The Morgan fingerprint density at radius 1 is 1.46 bits per heavy atom. The van der Waals surface area contributed by atoms with Crippen molar-refractivity contribution in [2.75, 3.05) is 0 Å². The second-order valence-electron chi connectivity index (χ2n) is 3.88. The highest BCUT2D eigenvalue weighted by atomic mass is 19.1. The highest BCUT2D eigenvalue weighted by Gasteiger charge is 2.21. The first-order chi connectivity index (χ1) is 5.96. The van der Waals surface area contributed by atoms with Gasteiger partial charge in [0.25, 0.3) is 0 Å². The smallest absolute Gasteiger partial charge is 0.162 e. The lowest BCUT2D eigenvalue weighted by molar-refractivity contribution is 0.501. The van der Waals surface area contributed by atoms with E-state index in [4.69, 9.17) is 5.26 Å². The van der Waals surface area contributed by atoms with Crippen LogP contribution in [-0.2, 0) is 5.41 Å². The van der Waals surface area contributed by atoms with Crippen molar-refractivity contribution in [3.8, 4) is 6.07 Å². The van der Waals surface area contributed by atoms with Crippen molar-refractivity contribution in [1.82, 2.24) is 4.98 Å². The maximum absolute atomic E-state index is 13.5. The third kappa shape index (κ3) is 1.83. The number of aromatic nitrogens is 1. The quantitative estimate of drug-likeness (QED) is 0.611. The molecule has 1 aromatic heterocycles. The Hall–Kier alpha value is -1.43. The van der Waals surface area contributed by atoms with Crippen molar-refractivity contribution in [1.29, 1.82) is 5.26 Å². The Morgan fingerprint density at radius 3 is 2.54 bits per heavy atom. The molecule has 0 aliphatic rings. The van der Waals surface area contributed by atoms with Crippen LogP contribution in [-0.4, -0.2) is 4.98 Å². The number of hydrogen-bond donors (Lipinski definition) is 0. The molecule has 68 valence electrons. The van der Waals surface area contributed by atoms with Gasteiger partial charge in [-0.2, -0.15) is 5.26 Å². The summed E-state index contributed by atoms with van der Waals surface area (Å²) in [6.07, 6.45) is 1.46. The summed E-state index contributed by atoms with van der Waals surface area (Å²) in [6, 6.07) is 3.17. The predicted octanol–water partition coefficient (Wildman–Crippen LogP) is 2.39. The molecule has 0 aliphatic heterocycles. The number of nitriles is 1. The molecule has 0 atom stereocenters. The molecule has 0 amide bonds. The van der Waals surface area contributed by atoms with Gasteiger partial charge in [0.1, 0.15) is 6.07 Å². The zero-order valence-electron chi connectivity index (χ0n) is 7.93. The second-order valence-corrected chi connectivity index (χ2v) is 3.88. The lowest BCUT2D eigenvalue weighted by Gasteiger charge is -2.18. The van der Waals surface area contributed by atoms with Crippen LogP contribution in [0.25, 0.3) is 0 Å².